The summed E-state index contributed by atoms with van der Waals surface area (Å²) >= 11 is 6.77. The summed E-state index contributed by atoms with van der Waals surface area (Å²) in [6, 6.07) is 9.54. The average molecular weight is 521 g/mol. The van der Waals surface area contributed by atoms with Gasteiger partial charge >= 0.3 is 11.9 Å². The summed E-state index contributed by atoms with van der Waals surface area (Å²) in [4.78, 5) is 26.0. The summed E-state index contributed by atoms with van der Waals surface area (Å²) in [6.07, 6.45) is 1.31. The first-order valence-corrected chi connectivity index (χ1v) is 13.9. The van der Waals surface area contributed by atoms with E-state index in [0.717, 1.165) is 18.4 Å². The standard InChI is InChI=1S/C29H41ClO6/c1-7-22(31)34-21-16-29(17(3)4)26(23-18(5)14-15-20(23)28(21,6)36-29)35-27(32)24(30)25(33-8-2)19-12-10-9-11-13-19/h9-13,17-18,20-21,23-26H,7-8,14-16H2,1-6H3. The molecule has 9 unspecified atom stereocenters. The molecule has 2 saturated heterocycles. The molecular formula is C29H41ClO6. The number of hydrogen-bond acceptors (Lipinski definition) is 6. The Bertz CT molecular complexity index is 937. The minimum absolute atomic E-state index is 0.0410. The van der Waals surface area contributed by atoms with Crippen molar-refractivity contribution in [1.82, 2.24) is 0 Å². The van der Waals surface area contributed by atoms with Gasteiger partial charge in [0, 0.05) is 25.4 Å². The molecule has 6 nitrogen and oxygen atoms in total. The molecule has 2 heterocycles. The highest BCUT2D eigenvalue weighted by Crippen LogP contribution is 2.63. The molecule has 1 aromatic carbocycles. The highest BCUT2D eigenvalue weighted by Gasteiger charge is 2.72. The molecule has 0 radical (unpaired) electrons. The summed E-state index contributed by atoms with van der Waals surface area (Å²) < 4.78 is 25.2. The Hall–Kier alpha value is -1.63. The van der Waals surface area contributed by atoms with Crippen molar-refractivity contribution < 1.29 is 28.5 Å². The Balaban J connectivity index is 1.67. The Kier molecular flexibility index (Phi) is 8.09. The zero-order chi connectivity index (χ0) is 26.3. The normalized spacial score (nSPS) is 36.8. The Morgan fingerprint density at radius 1 is 1.14 bits per heavy atom. The lowest BCUT2D eigenvalue weighted by Gasteiger charge is -2.53. The van der Waals surface area contributed by atoms with Gasteiger partial charge in [-0.3, -0.25) is 9.59 Å². The number of hydrogen-bond donors (Lipinski definition) is 0. The SMILES string of the molecule is CCOC(c1ccccc1)C(Cl)C(=O)OC1C2C(C)CCC2C2(C)OC1(C(C)C)CC2OC(=O)CC. The number of carbonyl (C=O) groups is 2. The van der Waals surface area contributed by atoms with Crippen molar-refractivity contribution in [1.29, 1.82) is 0 Å². The van der Waals surface area contributed by atoms with Crippen molar-refractivity contribution in [2.75, 3.05) is 6.61 Å². The van der Waals surface area contributed by atoms with Crippen LogP contribution in [0.1, 0.15) is 78.9 Å². The van der Waals surface area contributed by atoms with Gasteiger partial charge in [-0.2, -0.15) is 0 Å². The second kappa shape index (κ2) is 10.6. The number of fused-ring (bicyclic) bond motifs is 4. The van der Waals surface area contributed by atoms with Crippen molar-refractivity contribution in [3.05, 3.63) is 35.9 Å². The van der Waals surface area contributed by atoms with Gasteiger partial charge in [-0.25, -0.2) is 0 Å². The van der Waals surface area contributed by atoms with Crippen LogP contribution in [0.2, 0.25) is 0 Å². The van der Waals surface area contributed by atoms with Crippen molar-refractivity contribution in [2.45, 2.75) is 102 Å². The second-order valence-electron chi connectivity index (χ2n) is 11.2. The minimum Gasteiger partial charge on any atom is -0.459 e. The van der Waals surface area contributed by atoms with E-state index in [0.29, 0.717) is 25.4 Å². The van der Waals surface area contributed by atoms with E-state index < -0.39 is 34.8 Å². The molecule has 0 spiro atoms. The lowest BCUT2D eigenvalue weighted by Crippen LogP contribution is -2.62. The number of carbonyl (C=O) groups excluding carboxylic acids is 2. The maximum Gasteiger partial charge on any atom is 0.327 e. The fourth-order valence-corrected chi connectivity index (χ4v) is 7.24. The van der Waals surface area contributed by atoms with Crippen molar-refractivity contribution in [3.63, 3.8) is 0 Å². The highest BCUT2D eigenvalue weighted by atomic mass is 35.5. The largest absolute Gasteiger partial charge is 0.459 e. The van der Waals surface area contributed by atoms with Gasteiger partial charge in [0.2, 0.25) is 0 Å². The molecule has 36 heavy (non-hydrogen) atoms. The summed E-state index contributed by atoms with van der Waals surface area (Å²) in [5.41, 5.74) is -0.527. The highest BCUT2D eigenvalue weighted by molar-refractivity contribution is 6.30. The van der Waals surface area contributed by atoms with Gasteiger partial charge in [0.25, 0.3) is 0 Å². The van der Waals surface area contributed by atoms with Gasteiger partial charge in [0.15, 0.2) is 5.38 Å². The molecule has 3 aliphatic rings. The van der Waals surface area contributed by atoms with Crippen LogP contribution in [0, 0.1) is 23.7 Å². The number of esters is 2. The molecule has 2 aliphatic heterocycles. The average Bonchev–Trinajstić information content (AvgIpc) is 3.38. The molecule has 3 fully saturated rings. The summed E-state index contributed by atoms with van der Waals surface area (Å²) in [7, 11) is 0. The van der Waals surface area contributed by atoms with Crippen molar-refractivity contribution in [2.24, 2.45) is 23.7 Å². The third-order valence-corrected chi connectivity index (χ3v) is 9.33. The summed E-state index contributed by atoms with van der Waals surface area (Å²) in [5, 5.41) is -1.00. The van der Waals surface area contributed by atoms with Gasteiger partial charge in [0.05, 0.1) is 0 Å². The molecule has 1 saturated carbocycles. The third-order valence-electron chi connectivity index (χ3n) is 8.92. The Morgan fingerprint density at radius 3 is 2.44 bits per heavy atom. The molecule has 1 aliphatic carbocycles. The first kappa shape index (κ1) is 27.4. The zero-order valence-electron chi connectivity index (χ0n) is 22.4. The third kappa shape index (κ3) is 4.58. The van der Waals surface area contributed by atoms with Crippen LogP contribution in [0.5, 0.6) is 0 Å². The number of alkyl halides is 1. The van der Waals surface area contributed by atoms with E-state index in [9.17, 15) is 9.59 Å². The quantitative estimate of drug-likeness (QED) is 0.300. The Labute approximate surface area is 220 Å². The monoisotopic (exact) mass is 520 g/mol. The van der Waals surface area contributed by atoms with Crippen LogP contribution in [0.25, 0.3) is 0 Å². The molecule has 0 amide bonds. The predicted molar refractivity (Wildman–Crippen MR) is 138 cm³/mol. The van der Waals surface area contributed by atoms with Crippen molar-refractivity contribution in [3.8, 4) is 0 Å². The number of halogens is 1. The Morgan fingerprint density at radius 2 is 1.83 bits per heavy atom. The molecule has 0 N–H and O–H groups in total. The van der Waals surface area contributed by atoms with Crippen LogP contribution < -0.4 is 0 Å². The molecular weight excluding hydrogens is 480 g/mol. The molecule has 200 valence electrons. The van der Waals surface area contributed by atoms with Gasteiger partial charge in [-0.05, 0) is 50.0 Å². The summed E-state index contributed by atoms with van der Waals surface area (Å²) in [5.74, 6) is -0.107. The van der Waals surface area contributed by atoms with Crippen LogP contribution in [-0.4, -0.2) is 47.3 Å². The zero-order valence-corrected chi connectivity index (χ0v) is 23.1. The molecule has 0 aromatic heterocycles. The fraction of sp³-hybridized carbons (Fsp3) is 0.724. The molecule has 9 atom stereocenters. The first-order valence-electron chi connectivity index (χ1n) is 13.5. The van der Waals surface area contributed by atoms with E-state index in [2.05, 4.69) is 27.7 Å². The van der Waals surface area contributed by atoms with Crippen molar-refractivity contribution >= 4 is 23.5 Å². The van der Waals surface area contributed by atoms with Gasteiger partial charge in [-0.15, -0.1) is 11.6 Å². The van der Waals surface area contributed by atoms with Gasteiger partial charge in [-0.1, -0.05) is 58.0 Å². The number of rotatable bonds is 9. The van der Waals surface area contributed by atoms with E-state index in [4.69, 9.17) is 30.5 Å². The molecule has 1 aromatic rings. The topological polar surface area (TPSA) is 71.1 Å². The van der Waals surface area contributed by atoms with E-state index in [1.54, 1.807) is 6.92 Å². The van der Waals surface area contributed by atoms with Crippen LogP contribution in [0.4, 0.5) is 0 Å². The van der Waals surface area contributed by atoms with E-state index >= 15 is 0 Å². The lowest BCUT2D eigenvalue weighted by atomic mass is 9.69. The second-order valence-corrected chi connectivity index (χ2v) is 11.7. The smallest absolute Gasteiger partial charge is 0.327 e. The summed E-state index contributed by atoms with van der Waals surface area (Å²) in [6.45, 7) is 12.6. The molecule has 4 rings (SSSR count). The maximum absolute atomic E-state index is 13.6. The maximum atomic E-state index is 13.6. The van der Waals surface area contributed by atoms with E-state index in [1.807, 2.05) is 37.3 Å². The minimum atomic E-state index is -1.00. The van der Waals surface area contributed by atoms with Gasteiger partial charge in [0.1, 0.15) is 29.5 Å². The van der Waals surface area contributed by atoms with E-state index in [-0.39, 0.29) is 29.8 Å². The van der Waals surface area contributed by atoms with Crippen LogP contribution in [-0.2, 0) is 28.5 Å². The lowest BCUT2D eigenvalue weighted by molar-refractivity contribution is -0.266. The predicted octanol–water partition coefficient (Wildman–Crippen LogP) is 5.85. The van der Waals surface area contributed by atoms with Gasteiger partial charge < -0.3 is 18.9 Å². The molecule has 7 heteroatoms. The van der Waals surface area contributed by atoms with E-state index in [1.165, 1.54) is 0 Å². The first-order chi connectivity index (χ1) is 17.1. The van der Waals surface area contributed by atoms with Crippen LogP contribution in [0.15, 0.2) is 30.3 Å². The number of ether oxygens (including phenoxy) is 4. The number of benzene rings is 1. The van der Waals surface area contributed by atoms with Crippen LogP contribution in [0.3, 0.4) is 0 Å². The fourth-order valence-electron chi connectivity index (χ4n) is 6.97. The molecule has 2 bridgehead atoms. The van der Waals surface area contributed by atoms with Crippen LogP contribution >= 0.6 is 11.6 Å².